The average molecular weight is 424 g/mol. The first-order chi connectivity index (χ1) is 15.7. The van der Waals surface area contributed by atoms with Gasteiger partial charge in [0.25, 0.3) is 5.91 Å². The smallest absolute Gasteiger partial charge is 0.253 e. The van der Waals surface area contributed by atoms with Crippen LogP contribution in [0.2, 0.25) is 0 Å². The predicted octanol–water partition coefficient (Wildman–Crippen LogP) is 4.76. The molecule has 160 valence electrons. The van der Waals surface area contributed by atoms with Gasteiger partial charge in [-0.3, -0.25) is 9.78 Å². The molecular weight excluding hydrogens is 398 g/mol. The number of fused-ring (bicyclic) bond motifs is 1. The highest BCUT2D eigenvalue weighted by Crippen LogP contribution is 2.69. The summed E-state index contributed by atoms with van der Waals surface area (Å²) < 4.78 is 0. The van der Waals surface area contributed by atoms with E-state index in [1.165, 1.54) is 19.3 Å². The molecule has 6 rings (SSSR count). The molecule has 3 aliphatic rings. The Bertz CT molecular complexity index is 1180. The summed E-state index contributed by atoms with van der Waals surface area (Å²) in [6.07, 6.45) is 16.5. The summed E-state index contributed by atoms with van der Waals surface area (Å²) in [4.78, 5) is 25.9. The van der Waals surface area contributed by atoms with E-state index >= 15 is 0 Å². The first-order valence-corrected chi connectivity index (χ1v) is 11.3. The maximum Gasteiger partial charge on any atom is 0.253 e. The predicted molar refractivity (Wildman–Crippen MR) is 123 cm³/mol. The van der Waals surface area contributed by atoms with Crippen LogP contribution in [-0.4, -0.2) is 26.9 Å². The Morgan fingerprint density at radius 3 is 2.69 bits per heavy atom. The van der Waals surface area contributed by atoms with Crippen molar-refractivity contribution in [2.45, 2.75) is 31.7 Å². The quantitative estimate of drug-likeness (QED) is 0.559. The van der Waals surface area contributed by atoms with Crippen molar-refractivity contribution in [1.82, 2.24) is 20.3 Å². The van der Waals surface area contributed by atoms with E-state index in [2.05, 4.69) is 37.7 Å². The zero-order chi connectivity index (χ0) is 21.5. The number of nitrogens with zero attached hydrogens (tertiary/aromatic N) is 3. The zero-order valence-electron chi connectivity index (χ0n) is 17.7. The molecule has 0 saturated heterocycles. The van der Waals surface area contributed by atoms with Gasteiger partial charge in [-0.25, -0.2) is 9.97 Å². The van der Waals surface area contributed by atoms with Crippen molar-refractivity contribution >= 4 is 17.5 Å². The Labute approximate surface area is 187 Å². The van der Waals surface area contributed by atoms with Crippen LogP contribution in [0.1, 0.15) is 36.0 Å². The van der Waals surface area contributed by atoms with Gasteiger partial charge in [0.15, 0.2) is 0 Å². The molecule has 1 amide bonds. The molecule has 0 radical (unpaired) electrons. The van der Waals surface area contributed by atoms with Gasteiger partial charge in [-0.1, -0.05) is 42.5 Å². The third-order valence-corrected chi connectivity index (χ3v) is 7.12. The molecule has 3 aromatic rings. The van der Waals surface area contributed by atoms with Gasteiger partial charge in [-0.2, -0.15) is 0 Å². The van der Waals surface area contributed by atoms with Crippen LogP contribution in [0.5, 0.6) is 0 Å². The lowest BCUT2D eigenvalue weighted by Gasteiger charge is -2.16. The van der Waals surface area contributed by atoms with Crippen LogP contribution < -0.4 is 10.6 Å². The minimum Gasteiger partial charge on any atom is -0.349 e. The van der Waals surface area contributed by atoms with Crippen LogP contribution in [0.15, 0.2) is 73.3 Å². The molecule has 2 N–H and O–H groups in total. The summed E-state index contributed by atoms with van der Waals surface area (Å²) in [6, 6.07) is 12.1. The Morgan fingerprint density at radius 1 is 1.03 bits per heavy atom. The second-order valence-corrected chi connectivity index (χ2v) is 9.16. The zero-order valence-corrected chi connectivity index (χ0v) is 17.7. The molecule has 0 bridgehead atoms. The molecule has 6 nitrogen and oxygen atoms in total. The SMILES string of the molecule is O=C(N[C@@H]1C[C@H]1C12C=CCCC1C2)c1cncc(Nc2ncc(-c3ccccc3)cn2)c1. The van der Waals surface area contributed by atoms with Crippen LogP contribution in [0.4, 0.5) is 11.6 Å². The highest BCUT2D eigenvalue weighted by Gasteiger charge is 2.64. The summed E-state index contributed by atoms with van der Waals surface area (Å²) in [5.41, 5.74) is 3.63. The first-order valence-electron chi connectivity index (χ1n) is 11.3. The minimum absolute atomic E-state index is 0.0672. The number of rotatable bonds is 6. The number of pyridine rings is 1. The van der Waals surface area contributed by atoms with Crippen molar-refractivity contribution in [3.05, 3.63) is 78.9 Å². The van der Waals surface area contributed by atoms with E-state index in [0.717, 1.165) is 23.5 Å². The number of amides is 1. The molecule has 2 heterocycles. The van der Waals surface area contributed by atoms with Crippen LogP contribution in [0.3, 0.4) is 0 Å². The van der Waals surface area contributed by atoms with Gasteiger partial charge in [0, 0.05) is 30.2 Å². The molecule has 0 spiro atoms. The fourth-order valence-corrected chi connectivity index (χ4v) is 5.25. The van der Waals surface area contributed by atoms with Crippen LogP contribution in [-0.2, 0) is 0 Å². The summed E-state index contributed by atoms with van der Waals surface area (Å²) in [5, 5.41) is 6.36. The van der Waals surface area contributed by atoms with E-state index in [1.807, 2.05) is 30.3 Å². The van der Waals surface area contributed by atoms with E-state index in [1.54, 1.807) is 30.9 Å². The number of carbonyl (C=O) groups is 1. The second-order valence-electron chi connectivity index (χ2n) is 9.16. The Hall–Kier alpha value is -3.54. The summed E-state index contributed by atoms with van der Waals surface area (Å²) >= 11 is 0. The monoisotopic (exact) mass is 423 g/mol. The van der Waals surface area contributed by atoms with Gasteiger partial charge < -0.3 is 10.6 Å². The van der Waals surface area contributed by atoms with Gasteiger partial charge in [-0.05, 0) is 54.6 Å². The molecule has 2 fully saturated rings. The summed E-state index contributed by atoms with van der Waals surface area (Å²) in [7, 11) is 0. The van der Waals surface area contributed by atoms with E-state index in [-0.39, 0.29) is 11.9 Å². The van der Waals surface area contributed by atoms with Crippen LogP contribution in [0.25, 0.3) is 11.1 Å². The van der Waals surface area contributed by atoms with Gasteiger partial charge in [0.05, 0.1) is 17.4 Å². The molecular formula is C26H25N5O. The third-order valence-electron chi connectivity index (χ3n) is 7.12. The lowest BCUT2D eigenvalue weighted by molar-refractivity contribution is 0.0947. The van der Waals surface area contributed by atoms with E-state index < -0.39 is 0 Å². The van der Waals surface area contributed by atoms with Crippen molar-refractivity contribution in [2.75, 3.05) is 5.32 Å². The molecule has 2 aromatic heterocycles. The van der Waals surface area contributed by atoms with Gasteiger partial charge in [0.2, 0.25) is 5.95 Å². The lowest BCUT2D eigenvalue weighted by atomic mass is 9.90. The Kier molecular flexibility index (Phi) is 4.52. The first kappa shape index (κ1) is 19.2. The van der Waals surface area contributed by atoms with Crippen LogP contribution >= 0.6 is 0 Å². The number of allylic oxidation sites excluding steroid dienone is 2. The molecule has 6 heteroatoms. The number of aromatic nitrogens is 3. The van der Waals surface area contributed by atoms with Crippen molar-refractivity contribution < 1.29 is 4.79 Å². The number of hydrogen-bond acceptors (Lipinski definition) is 5. The number of anilines is 2. The average Bonchev–Trinajstić information content (AvgIpc) is 3.75. The van der Waals surface area contributed by atoms with E-state index in [4.69, 9.17) is 0 Å². The number of nitrogens with one attached hydrogen (secondary N) is 2. The molecule has 4 atom stereocenters. The normalized spacial score (nSPS) is 27.3. The summed E-state index contributed by atoms with van der Waals surface area (Å²) in [5.74, 6) is 1.83. The molecule has 0 aliphatic heterocycles. The van der Waals surface area contributed by atoms with E-state index in [0.29, 0.717) is 28.5 Å². The summed E-state index contributed by atoms with van der Waals surface area (Å²) in [6.45, 7) is 0. The second kappa shape index (κ2) is 7.55. The maximum absolute atomic E-state index is 12.8. The minimum atomic E-state index is -0.0672. The van der Waals surface area contributed by atoms with Gasteiger partial charge in [0.1, 0.15) is 0 Å². The molecule has 2 unspecified atom stereocenters. The molecule has 2 saturated carbocycles. The highest BCUT2D eigenvalue weighted by atomic mass is 16.1. The number of benzene rings is 1. The lowest BCUT2D eigenvalue weighted by Crippen LogP contribution is -2.28. The number of hydrogen-bond donors (Lipinski definition) is 2. The standard InChI is InChI=1S/C26H25N5O/c32-24(31-23-11-22(23)26-9-5-4-8-20(26)12-26)18-10-21(16-27-13-18)30-25-28-14-19(15-29-25)17-6-2-1-3-7-17/h1-3,5-7,9-10,13-16,20,22-23H,4,8,11-12H2,(H,31,32)(H,28,29,30)/t20?,22-,23-,26?/m1/s1. The van der Waals surface area contributed by atoms with Crippen molar-refractivity contribution in [3.8, 4) is 11.1 Å². The Morgan fingerprint density at radius 2 is 1.88 bits per heavy atom. The number of carbonyl (C=O) groups excluding carboxylic acids is 1. The fourth-order valence-electron chi connectivity index (χ4n) is 5.25. The molecule has 3 aliphatic carbocycles. The van der Waals surface area contributed by atoms with Gasteiger partial charge >= 0.3 is 0 Å². The van der Waals surface area contributed by atoms with Crippen molar-refractivity contribution in [3.63, 3.8) is 0 Å². The fraction of sp³-hybridized carbons (Fsp3) is 0.308. The highest BCUT2D eigenvalue weighted by molar-refractivity contribution is 5.95. The molecule has 32 heavy (non-hydrogen) atoms. The topological polar surface area (TPSA) is 79.8 Å². The van der Waals surface area contributed by atoms with Crippen LogP contribution in [0, 0.1) is 17.3 Å². The largest absolute Gasteiger partial charge is 0.349 e. The third kappa shape index (κ3) is 3.55. The van der Waals surface area contributed by atoms with Crippen molar-refractivity contribution in [2.24, 2.45) is 17.3 Å². The maximum atomic E-state index is 12.8. The van der Waals surface area contributed by atoms with Crippen molar-refractivity contribution in [1.29, 1.82) is 0 Å². The van der Waals surface area contributed by atoms with Gasteiger partial charge in [-0.15, -0.1) is 0 Å². The molecule has 1 aromatic carbocycles. The van der Waals surface area contributed by atoms with E-state index in [9.17, 15) is 4.79 Å². The Balaban J connectivity index is 1.09.